The second-order valence-electron chi connectivity index (χ2n) is 10.2. The zero-order chi connectivity index (χ0) is 40.2. The number of nitriles is 2. The van der Waals surface area contributed by atoms with Gasteiger partial charge in [0, 0.05) is 48.3 Å². The van der Waals surface area contributed by atoms with Crippen LogP contribution in [0.2, 0.25) is 0 Å². The van der Waals surface area contributed by atoms with E-state index < -0.39 is 61.1 Å². The van der Waals surface area contributed by atoms with Gasteiger partial charge in [0.1, 0.15) is 0 Å². The fraction of sp³-hybridized carbons (Fsp3) is 0.481. The van der Waals surface area contributed by atoms with E-state index in [2.05, 4.69) is 41.8 Å². The maximum atomic E-state index is 13.6. The van der Waals surface area contributed by atoms with E-state index in [9.17, 15) is 19.8 Å². The van der Waals surface area contributed by atoms with Crippen LogP contribution in [0.4, 0.5) is 0 Å². The molecule has 2 saturated heterocycles. The van der Waals surface area contributed by atoms with Crippen LogP contribution in [0, 0.1) is 54.0 Å². The summed E-state index contributed by atoms with van der Waals surface area (Å²) in [6.07, 6.45) is 3.10. The first-order valence-corrected chi connectivity index (χ1v) is 17.5. The third-order valence-corrected chi connectivity index (χ3v) is 8.16. The van der Waals surface area contributed by atoms with E-state index in [0.29, 0.717) is 20.3 Å². The summed E-state index contributed by atoms with van der Waals surface area (Å²) in [4.78, 5) is 39.6. The summed E-state index contributed by atoms with van der Waals surface area (Å²) in [5, 5.41) is 38.9. The monoisotopic (exact) mass is 955 g/mol. The molecule has 2 aliphatic rings. The number of likely N-dealkylation sites (tertiary alicyclic amines) is 2. The second-order valence-corrected chi connectivity index (χ2v) is 13.6. The van der Waals surface area contributed by atoms with Crippen molar-refractivity contribution in [2.45, 2.75) is 31.7 Å². The first-order chi connectivity index (χ1) is 23.3. The van der Waals surface area contributed by atoms with Crippen molar-refractivity contribution in [3.05, 3.63) is 57.0 Å². The third kappa shape index (κ3) is 13.0. The number of methoxy groups -OCH3 is 2. The molecule has 0 unspecified atom stereocenters. The topological polar surface area (TPSA) is 357 Å². The van der Waals surface area contributed by atoms with E-state index >= 15 is 0 Å². The van der Waals surface area contributed by atoms with Gasteiger partial charge in [-0.25, -0.2) is 37.3 Å². The summed E-state index contributed by atoms with van der Waals surface area (Å²) in [6, 6.07) is 8.31. The molecule has 2 aromatic rings. The standard InChI is InChI=1S/C23H26Br2N4O6.2C2H3N.2ClHO4.Cu/c1-28-11-21(19(30)34-3)17(15-9-13(24)5-7-26-15)29(2)18(16-10-14(25)6-8-27-16)22(12-28,20(31)35-4)23(21,32)33;2*1-2-3;2*2-1(3,4)5;/h5-10,17-18,32-33H,11-12H2,1-4H3;2*1H3;2*(H,2,3,4,5);/q;;;;;+2/p-2/t17-,18+,21+,22-;;;;;. The van der Waals surface area contributed by atoms with Crippen LogP contribution in [-0.2, 0) is 36.1 Å². The number of rotatable bonds is 4. The summed E-state index contributed by atoms with van der Waals surface area (Å²) >= 11 is 6.88. The molecule has 4 rings (SSSR count). The van der Waals surface area contributed by atoms with Crippen molar-refractivity contribution in [3.63, 3.8) is 0 Å². The number of pyridine rings is 2. The number of piperidine rings is 2. The Morgan fingerprint density at radius 3 is 1.31 bits per heavy atom. The van der Waals surface area contributed by atoms with Crippen molar-refractivity contribution in [2.75, 3.05) is 41.4 Å². The Morgan fingerprint density at radius 1 is 0.808 bits per heavy atom. The van der Waals surface area contributed by atoms with Crippen molar-refractivity contribution in [1.29, 1.82) is 10.5 Å². The molecule has 0 aliphatic carbocycles. The molecule has 0 amide bonds. The summed E-state index contributed by atoms with van der Waals surface area (Å²) in [5.41, 5.74) is -3.30. The largest absolute Gasteiger partial charge is 2.00 e. The molecule has 4 heterocycles. The van der Waals surface area contributed by atoms with E-state index in [4.69, 9.17) is 57.3 Å². The summed E-state index contributed by atoms with van der Waals surface area (Å²) in [7, 11) is -4.13. The van der Waals surface area contributed by atoms with Gasteiger partial charge in [-0.05, 0) is 38.4 Å². The van der Waals surface area contributed by atoms with Crippen LogP contribution in [0.15, 0.2) is 45.6 Å². The molecule has 25 heteroatoms. The average molecular weight is 959 g/mol. The van der Waals surface area contributed by atoms with Gasteiger partial charge in [0.25, 0.3) is 0 Å². The van der Waals surface area contributed by atoms with Crippen molar-refractivity contribution in [2.24, 2.45) is 10.8 Å². The normalized spacial score (nSPS) is 23.2. The van der Waals surface area contributed by atoms with Crippen LogP contribution in [0.25, 0.3) is 0 Å². The van der Waals surface area contributed by atoms with E-state index in [1.807, 2.05) is 0 Å². The maximum Gasteiger partial charge on any atom is 2.00 e. The number of ether oxygens (including phenoxy) is 2. The molecule has 52 heavy (non-hydrogen) atoms. The molecule has 2 aliphatic heterocycles. The molecule has 0 aromatic carbocycles. The number of esters is 2. The second kappa shape index (κ2) is 21.6. The van der Waals surface area contributed by atoms with Gasteiger partial charge in [-0.1, -0.05) is 31.9 Å². The molecule has 2 aromatic heterocycles. The molecular weight excluding hydrogens is 927 g/mol. The molecule has 2 bridgehead atoms. The first kappa shape index (κ1) is 51.9. The predicted molar refractivity (Wildman–Crippen MR) is 153 cm³/mol. The van der Waals surface area contributed by atoms with Gasteiger partial charge in [0.05, 0.1) is 49.8 Å². The average Bonchev–Trinajstić information content (AvgIpc) is 2.97. The Balaban J connectivity index is 0. The number of carbonyl (C=O) groups is 2. The Kier molecular flexibility index (Phi) is 21.6. The SMILES string of the molecule is CC#N.CC#N.COC(=O)[C@@]12CN(C)C[C@@](C(=O)OC)([C@@H](c3cc(Br)ccn3)N(C)[C@H]1c1cc(Br)ccn1)C2(O)O.[Cu+2].[O-][Cl+3]([O-])([O-])[O-].[O-][Cl+3]([O-])([O-])[O-]. The number of hydrogen-bond donors (Lipinski definition) is 2. The number of hydrogen-bond acceptors (Lipinski definition) is 20. The van der Waals surface area contributed by atoms with E-state index in [-0.39, 0.29) is 30.2 Å². The quantitative estimate of drug-likeness (QED) is 0.163. The predicted octanol–water partition coefficient (Wildman–Crippen LogP) is -6.78. The molecular formula is C27H32Br2Cl2CuN6O14. The van der Waals surface area contributed by atoms with E-state index in [1.54, 1.807) is 72.7 Å². The number of aromatic nitrogens is 2. The maximum absolute atomic E-state index is 13.6. The minimum absolute atomic E-state index is 0. The van der Waals surface area contributed by atoms with Crippen LogP contribution in [0.3, 0.4) is 0 Å². The number of fused-ring (bicyclic) bond motifs is 2. The summed E-state index contributed by atoms with van der Waals surface area (Å²) < 4.78 is 79.7. The van der Waals surface area contributed by atoms with Gasteiger partial charge >= 0.3 is 29.0 Å². The molecule has 293 valence electrons. The Hall–Kier alpha value is -2.20. The zero-order valence-electron chi connectivity index (χ0n) is 27.8. The molecule has 1 radical (unpaired) electrons. The number of carbonyl (C=O) groups excluding carboxylic acids is 2. The van der Waals surface area contributed by atoms with E-state index in [0.717, 1.165) is 0 Å². The molecule has 2 N–H and O–H groups in total. The van der Waals surface area contributed by atoms with Crippen LogP contribution >= 0.6 is 31.9 Å². The smallest absolute Gasteiger partial charge is 0.468 e. The number of halogens is 4. The molecule has 20 nitrogen and oxygen atoms in total. The Bertz CT molecular complexity index is 1440. The first-order valence-electron chi connectivity index (χ1n) is 13.4. The van der Waals surface area contributed by atoms with Gasteiger partial charge in [-0.3, -0.25) is 24.5 Å². The summed E-state index contributed by atoms with van der Waals surface area (Å²) in [5.74, 6) is -4.69. The van der Waals surface area contributed by atoms with Gasteiger partial charge < -0.3 is 24.6 Å². The van der Waals surface area contributed by atoms with E-state index in [1.165, 1.54) is 28.1 Å². The molecule has 4 atom stereocenters. The molecule has 2 fully saturated rings. The van der Waals surface area contributed by atoms with Crippen molar-refractivity contribution in [3.8, 4) is 12.1 Å². The van der Waals surface area contributed by atoms with Crippen LogP contribution in [-0.4, -0.2) is 89.1 Å². The third-order valence-electron chi connectivity index (χ3n) is 7.18. The van der Waals surface area contributed by atoms with Crippen LogP contribution in [0.5, 0.6) is 0 Å². The molecule has 0 saturated carbocycles. The summed E-state index contributed by atoms with van der Waals surface area (Å²) in [6.45, 7) is 2.63. The van der Waals surface area contributed by atoms with Crippen molar-refractivity contribution in [1.82, 2.24) is 19.8 Å². The van der Waals surface area contributed by atoms with Crippen molar-refractivity contribution >= 4 is 43.8 Å². The van der Waals surface area contributed by atoms with Gasteiger partial charge in [0.15, 0.2) is 10.8 Å². The minimum atomic E-state index is -4.94. The van der Waals surface area contributed by atoms with Crippen molar-refractivity contribution < 1.29 is 104 Å². The fourth-order valence-electron chi connectivity index (χ4n) is 5.99. The van der Waals surface area contributed by atoms with Crippen LogP contribution < -0.4 is 37.3 Å². The number of aliphatic hydroxyl groups is 2. The number of nitrogens with zero attached hydrogens (tertiary/aromatic N) is 6. The minimum Gasteiger partial charge on any atom is -0.468 e. The zero-order valence-corrected chi connectivity index (χ0v) is 33.4. The Morgan fingerprint density at radius 2 is 1.08 bits per heavy atom. The van der Waals surface area contributed by atoms with Gasteiger partial charge in [0.2, 0.25) is 5.79 Å². The van der Waals surface area contributed by atoms with Gasteiger partial charge in [-0.15, -0.1) is 20.5 Å². The fourth-order valence-corrected chi connectivity index (χ4v) is 6.69. The van der Waals surface area contributed by atoms with Crippen LogP contribution in [0.1, 0.15) is 37.3 Å². The van der Waals surface area contributed by atoms with Gasteiger partial charge in [-0.2, -0.15) is 10.5 Å². The Labute approximate surface area is 329 Å². The molecule has 0 spiro atoms.